The number of anilines is 3. The standard InChI is InChI=1S/C28H39N9O5/c1-18(38)31-19-12-23(36(5)15-19)27(41)33-21-14-24(37(6)17-21)28(42)32-20-13-22(35(4)16-20)26(40)30-10-8-25(39)29-9-7-11-34(2)3/h12-17H,7-11H2,1-6H3,(H,29,39)(H,30,40)(H,31,38)(H,32,42)(H,33,41)/p+1. The summed E-state index contributed by atoms with van der Waals surface area (Å²) in [5.74, 6) is -1.58. The van der Waals surface area contributed by atoms with Crippen LogP contribution in [0.3, 0.4) is 0 Å². The summed E-state index contributed by atoms with van der Waals surface area (Å²) < 4.78 is 4.74. The second kappa shape index (κ2) is 14.2. The van der Waals surface area contributed by atoms with Crippen LogP contribution in [0.1, 0.15) is 51.2 Å². The summed E-state index contributed by atoms with van der Waals surface area (Å²) in [6, 6.07) is 4.64. The maximum absolute atomic E-state index is 13.0. The van der Waals surface area contributed by atoms with Crippen LogP contribution in [-0.4, -0.2) is 77.0 Å². The molecule has 0 aliphatic carbocycles. The first-order chi connectivity index (χ1) is 19.8. The van der Waals surface area contributed by atoms with E-state index >= 15 is 0 Å². The van der Waals surface area contributed by atoms with Gasteiger partial charge in [0.2, 0.25) is 11.8 Å². The predicted molar refractivity (Wildman–Crippen MR) is 159 cm³/mol. The number of hydrogen-bond donors (Lipinski definition) is 6. The van der Waals surface area contributed by atoms with Gasteiger partial charge in [0.25, 0.3) is 17.7 Å². The predicted octanol–water partition coefficient (Wildman–Crippen LogP) is -0.0642. The second-order valence-electron chi connectivity index (χ2n) is 10.4. The van der Waals surface area contributed by atoms with Crippen molar-refractivity contribution in [2.75, 3.05) is 49.7 Å². The van der Waals surface area contributed by atoms with Crippen LogP contribution in [0.4, 0.5) is 17.1 Å². The molecule has 226 valence electrons. The minimum atomic E-state index is -0.435. The zero-order chi connectivity index (χ0) is 31.0. The van der Waals surface area contributed by atoms with Crippen LogP contribution in [0.25, 0.3) is 0 Å². The van der Waals surface area contributed by atoms with Gasteiger partial charge in [0.05, 0.1) is 37.7 Å². The smallest absolute Gasteiger partial charge is 0.272 e. The van der Waals surface area contributed by atoms with Crippen LogP contribution in [0.5, 0.6) is 0 Å². The molecule has 0 aromatic carbocycles. The first-order valence-electron chi connectivity index (χ1n) is 13.6. The molecule has 42 heavy (non-hydrogen) atoms. The molecule has 0 atom stereocenters. The maximum atomic E-state index is 13.0. The van der Waals surface area contributed by atoms with Crippen LogP contribution in [0, 0.1) is 0 Å². The first-order valence-corrected chi connectivity index (χ1v) is 13.6. The number of aryl methyl sites for hydroxylation is 3. The highest BCUT2D eigenvalue weighted by Crippen LogP contribution is 2.19. The van der Waals surface area contributed by atoms with Crippen molar-refractivity contribution in [3.63, 3.8) is 0 Å². The number of nitrogens with one attached hydrogen (secondary N) is 6. The molecule has 0 spiro atoms. The van der Waals surface area contributed by atoms with Gasteiger partial charge in [-0.25, -0.2) is 0 Å². The fraction of sp³-hybridized carbons (Fsp3) is 0.393. The summed E-state index contributed by atoms with van der Waals surface area (Å²) in [7, 11) is 9.14. The average Bonchev–Trinajstić information content (AvgIpc) is 3.56. The third-order valence-electron chi connectivity index (χ3n) is 6.36. The lowest BCUT2D eigenvalue weighted by atomic mass is 10.3. The van der Waals surface area contributed by atoms with Crippen molar-refractivity contribution >= 4 is 46.6 Å². The third kappa shape index (κ3) is 8.83. The number of amides is 5. The van der Waals surface area contributed by atoms with E-state index in [1.807, 2.05) is 0 Å². The Morgan fingerprint density at radius 3 is 1.57 bits per heavy atom. The number of nitrogens with zero attached hydrogens (tertiary/aromatic N) is 3. The van der Waals surface area contributed by atoms with Gasteiger partial charge in [-0.05, 0) is 18.2 Å². The molecule has 3 aromatic rings. The van der Waals surface area contributed by atoms with Crippen LogP contribution in [0.2, 0.25) is 0 Å². The Hall–Kier alpha value is -4.85. The molecule has 5 amide bonds. The van der Waals surface area contributed by atoms with Crippen molar-refractivity contribution in [1.29, 1.82) is 0 Å². The van der Waals surface area contributed by atoms with Crippen molar-refractivity contribution in [3.8, 4) is 0 Å². The summed E-state index contributed by atoms with van der Waals surface area (Å²) in [5.41, 5.74) is 2.24. The summed E-state index contributed by atoms with van der Waals surface area (Å²) in [6.07, 6.45) is 5.89. The minimum absolute atomic E-state index is 0.125. The Morgan fingerprint density at radius 1 is 0.667 bits per heavy atom. The van der Waals surface area contributed by atoms with E-state index in [-0.39, 0.29) is 36.4 Å². The molecule has 6 N–H and O–H groups in total. The fourth-order valence-electron chi connectivity index (χ4n) is 4.31. The van der Waals surface area contributed by atoms with E-state index in [0.717, 1.165) is 13.0 Å². The summed E-state index contributed by atoms with van der Waals surface area (Å²) in [5, 5.41) is 13.7. The fourth-order valence-corrected chi connectivity index (χ4v) is 4.31. The van der Waals surface area contributed by atoms with E-state index in [1.165, 1.54) is 17.9 Å². The molecule has 0 saturated heterocycles. The molecule has 14 nitrogen and oxygen atoms in total. The summed E-state index contributed by atoms with van der Waals surface area (Å²) in [4.78, 5) is 63.1. The van der Waals surface area contributed by atoms with Gasteiger partial charge in [0.15, 0.2) is 0 Å². The minimum Gasteiger partial charge on any atom is -0.356 e. The lowest BCUT2D eigenvalue weighted by Gasteiger charge is -2.09. The number of hydrogen-bond acceptors (Lipinski definition) is 5. The Morgan fingerprint density at radius 2 is 1.12 bits per heavy atom. The highest BCUT2D eigenvalue weighted by molar-refractivity contribution is 6.07. The van der Waals surface area contributed by atoms with Crippen molar-refractivity contribution in [1.82, 2.24) is 24.3 Å². The molecule has 3 heterocycles. The van der Waals surface area contributed by atoms with Crippen LogP contribution < -0.4 is 31.5 Å². The molecule has 0 radical (unpaired) electrons. The zero-order valence-corrected chi connectivity index (χ0v) is 24.9. The average molecular weight is 583 g/mol. The molecule has 0 aliphatic rings. The molecule has 3 rings (SSSR count). The van der Waals surface area contributed by atoms with Gasteiger partial charge in [-0.15, -0.1) is 0 Å². The largest absolute Gasteiger partial charge is 0.356 e. The van der Waals surface area contributed by atoms with Gasteiger partial charge in [-0.1, -0.05) is 0 Å². The topological polar surface area (TPSA) is 165 Å². The Balaban J connectivity index is 1.54. The SMILES string of the molecule is CC(=O)Nc1cc(C(=O)Nc2cc(C(=O)Nc3cc(C(=O)NCCC(=O)NCCC[NH+](C)C)n(C)c3)n(C)c2)n(C)c1. The van der Waals surface area contributed by atoms with Crippen LogP contribution >= 0.6 is 0 Å². The monoisotopic (exact) mass is 582 g/mol. The lowest BCUT2D eigenvalue weighted by molar-refractivity contribution is -0.858. The van der Waals surface area contributed by atoms with Crippen molar-refractivity contribution in [3.05, 3.63) is 53.9 Å². The van der Waals surface area contributed by atoms with Gasteiger partial charge >= 0.3 is 0 Å². The number of aromatic nitrogens is 3. The molecule has 3 aromatic heterocycles. The number of quaternary nitrogens is 1. The van der Waals surface area contributed by atoms with E-state index < -0.39 is 11.8 Å². The normalized spacial score (nSPS) is 10.8. The molecular weight excluding hydrogens is 542 g/mol. The number of carbonyl (C=O) groups excluding carboxylic acids is 5. The van der Waals surface area contributed by atoms with Gasteiger partial charge in [0.1, 0.15) is 17.1 Å². The Kier molecular flexibility index (Phi) is 10.7. The van der Waals surface area contributed by atoms with Gasteiger partial charge in [0, 0.05) is 72.6 Å². The van der Waals surface area contributed by atoms with E-state index in [9.17, 15) is 24.0 Å². The Labute approximate surface area is 244 Å². The van der Waals surface area contributed by atoms with E-state index in [0.29, 0.717) is 35.0 Å². The van der Waals surface area contributed by atoms with E-state index in [4.69, 9.17) is 0 Å². The zero-order valence-electron chi connectivity index (χ0n) is 24.9. The van der Waals surface area contributed by atoms with Crippen molar-refractivity contribution < 1.29 is 28.9 Å². The van der Waals surface area contributed by atoms with Gasteiger partial charge in [-0.3, -0.25) is 24.0 Å². The number of rotatable bonds is 13. The second-order valence-corrected chi connectivity index (χ2v) is 10.4. The molecule has 0 bridgehead atoms. The highest BCUT2D eigenvalue weighted by Gasteiger charge is 2.19. The van der Waals surface area contributed by atoms with Gasteiger partial charge in [-0.2, -0.15) is 0 Å². The Bertz CT molecular complexity index is 1460. The highest BCUT2D eigenvalue weighted by atomic mass is 16.2. The molecule has 0 saturated carbocycles. The van der Waals surface area contributed by atoms with Crippen molar-refractivity contribution in [2.45, 2.75) is 19.8 Å². The third-order valence-corrected chi connectivity index (χ3v) is 6.36. The molecule has 0 fully saturated rings. The van der Waals surface area contributed by atoms with Crippen molar-refractivity contribution in [2.24, 2.45) is 21.1 Å². The first kappa shape index (κ1) is 31.7. The molecular formula is C28H40N9O5+. The van der Waals surface area contributed by atoms with E-state index in [1.54, 1.807) is 65.6 Å². The van der Waals surface area contributed by atoms with Crippen LogP contribution in [-0.2, 0) is 30.7 Å². The summed E-state index contributed by atoms with van der Waals surface area (Å²) in [6.45, 7) is 3.13. The molecule has 14 heteroatoms. The summed E-state index contributed by atoms with van der Waals surface area (Å²) >= 11 is 0. The van der Waals surface area contributed by atoms with E-state index in [2.05, 4.69) is 40.7 Å². The maximum Gasteiger partial charge on any atom is 0.272 e. The lowest BCUT2D eigenvalue weighted by Crippen LogP contribution is -3.05. The van der Waals surface area contributed by atoms with Gasteiger partial charge < -0.3 is 45.2 Å². The quantitative estimate of drug-likeness (QED) is 0.155. The molecule has 0 aliphatic heterocycles. The van der Waals surface area contributed by atoms with Crippen LogP contribution in [0.15, 0.2) is 36.8 Å². The molecule has 0 unspecified atom stereocenters. The number of carbonyl (C=O) groups is 5.